The molecule has 0 bridgehead atoms. The maximum atomic E-state index is 15.0. The highest BCUT2D eigenvalue weighted by Crippen LogP contribution is 2.40. The van der Waals surface area contributed by atoms with Gasteiger partial charge in [0.15, 0.2) is 0 Å². The second-order valence-corrected chi connectivity index (χ2v) is 10.9. The van der Waals surface area contributed by atoms with Gasteiger partial charge in [-0.3, -0.25) is 14.0 Å². The lowest BCUT2D eigenvalue weighted by atomic mass is 10.0. The van der Waals surface area contributed by atoms with E-state index in [4.69, 9.17) is 4.74 Å². The van der Waals surface area contributed by atoms with Crippen LogP contribution in [0.5, 0.6) is 0 Å². The van der Waals surface area contributed by atoms with Crippen LogP contribution in [0.4, 0.5) is 26.2 Å². The summed E-state index contributed by atoms with van der Waals surface area (Å²) in [6.07, 6.45) is -0.380. The second kappa shape index (κ2) is 8.90. The van der Waals surface area contributed by atoms with E-state index in [0.29, 0.717) is 28.9 Å². The van der Waals surface area contributed by atoms with Gasteiger partial charge in [-0.2, -0.15) is 0 Å². The Hall–Kier alpha value is -3.14. The summed E-state index contributed by atoms with van der Waals surface area (Å²) < 4.78 is 45.9. The lowest BCUT2D eigenvalue weighted by Crippen LogP contribution is -2.51. The highest BCUT2D eigenvalue weighted by Gasteiger charge is 2.35. The number of anilines is 3. The highest BCUT2D eigenvalue weighted by atomic mass is 32.2. The molecule has 0 aromatic heterocycles. The fourth-order valence-corrected chi connectivity index (χ4v) is 6.09. The van der Waals surface area contributed by atoms with Crippen LogP contribution in [-0.4, -0.2) is 51.4 Å². The van der Waals surface area contributed by atoms with E-state index in [1.165, 1.54) is 24.0 Å². The standard InChI is InChI=1S/C24H28FN3O5S/c1-15(2)33-24(30)26-14-16(3)28(17(4)29)22-9-7-19(13-23(22)26)18-6-8-21(20(25)12-18)27-10-5-11-34(27,31)32/h6-9,12-13,15-16H,5,10-11,14H2,1-4H3/t16-/m0/s1. The molecule has 0 spiro atoms. The number of amides is 2. The van der Waals surface area contributed by atoms with Gasteiger partial charge in [0.1, 0.15) is 5.82 Å². The predicted molar refractivity (Wildman–Crippen MR) is 129 cm³/mol. The fraction of sp³-hybridized carbons (Fsp3) is 0.417. The van der Waals surface area contributed by atoms with Crippen LogP contribution in [0.15, 0.2) is 36.4 Å². The third-order valence-electron chi connectivity index (χ3n) is 5.96. The molecule has 2 aromatic carbocycles. The van der Waals surface area contributed by atoms with Crippen molar-refractivity contribution in [3.8, 4) is 11.1 Å². The zero-order valence-electron chi connectivity index (χ0n) is 19.6. The van der Waals surface area contributed by atoms with Gasteiger partial charge in [0.05, 0.1) is 35.0 Å². The number of carbonyl (C=O) groups is 2. The monoisotopic (exact) mass is 489 g/mol. The first-order valence-corrected chi connectivity index (χ1v) is 12.8. The molecule has 0 radical (unpaired) electrons. The number of sulfonamides is 1. The number of benzene rings is 2. The number of ether oxygens (including phenoxy) is 1. The smallest absolute Gasteiger partial charge is 0.414 e. The number of nitrogens with zero attached hydrogens (tertiary/aromatic N) is 3. The quantitative estimate of drug-likeness (QED) is 0.647. The highest BCUT2D eigenvalue weighted by molar-refractivity contribution is 7.93. The Labute approximate surface area is 198 Å². The Morgan fingerprint density at radius 3 is 2.26 bits per heavy atom. The van der Waals surface area contributed by atoms with E-state index in [9.17, 15) is 22.4 Å². The van der Waals surface area contributed by atoms with E-state index < -0.39 is 21.9 Å². The molecule has 1 saturated heterocycles. The number of carbonyl (C=O) groups excluding carboxylic acids is 2. The Kier molecular flexibility index (Phi) is 6.28. The Morgan fingerprint density at radius 2 is 1.71 bits per heavy atom. The van der Waals surface area contributed by atoms with Crippen molar-refractivity contribution in [1.29, 1.82) is 0 Å². The summed E-state index contributed by atoms with van der Waals surface area (Å²) in [5, 5.41) is 0. The van der Waals surface area contributed by atoms with Crippen LogP contribution >= 0.6 is 0 Å². The molecule has 182 valence electrons. The Bertz CT molecular complexity index is 1250. The van der Waals surface area contributed by atoms with Crippen molar-refractivity contribution in [3.05, 3.63) is 42.2 Å². The van der Waals surface area contributed by atoms with Crippen LogP contribution in [0.2, 0.25) is 0 Å². The summed E-state index contributed by atoms with van der Waals surface area (Å²) in [6, 6.07) is 9.35. The van der Waals surface area contributed by atoms with Crippen LogP contribution in [0.1, 0.15) is 34.1 Å². The summed E-state index contributed by atoms with van der Waals surface area (Å²) in [6.45, 7) is 7.35. The molecule has 2 aromatic rings. The molecule has 4 rings (SSSR count). The maximum absolute atomic E-state index is 15.0. The van der Waals surface area contributed by atoms with Crippen molar-refractivity contribution in [1.82, 2.24) is 0 Å². The average molecular weight is 490 g/mol. The van der Waals surface area contributed by atoms with Gasteiger partial charge >= 0.3 is 6.09 Å². The predicted octanol–water partition coefficient (Wildman–Crippen LogP) is 4.14. The molecule has 2 amide bonds. The first kappa shape index (κ1) is 24.0. The zero-order chi connectivity index (χ0) is 24.8. The van der Waals surface area contributed by atoms with E-state index in [-0.39, 0.29) is 42.6 Å². The summed E-state index contributed by atoms with van der Waals surface area (Å²) >= 11 is 0. The van der Waals surface area contributed by atoms with Crippen LogP contribution in [0.3, 0.4) is 0 Å². The largest absolute Gasteiger partial charge is 0.446 e. The molecule has 0 unspecified atom stereocenters. The van der Waals surface area contributed by atoms with Gasteiger partial charge in [0.25, 0.3) is 0 Å². The molecular weight excluding hydrogens is 461 g/mol. The first-order chi connectivity index (χ1) is 16.0. The minimum Gasteiger partial charge on any atom is -0.446 e. The van der Waals surface area contributed by atoms with Crippen molar-refractivity contribution in [2.45, 2.75) is 46.3 Å². The van der Waals surface area contributed by atoms with E-state index in [1.54, 1.807) is 43.0 Å². The average Bonchev–Trinajstić information content (AvgIpc) is 3.10. The molecule has 2 heterocycles. The third-order valence-corrected chi connectivity index (χ3v) is 7.81. The van der Waals surface area contributed by atoms with Gasteiger partial charge in [0.2, 0.25) is 15.9 Å². The molecule has 0 saturated carbocycles. The van der Waals surface area contributed by atoms with Crippen LogP contribution in [0, 0.1) is 5.82 Å². The fourth-order valence-electron chi connectivity index (χ4n) is 4.52. The summed E-state index contributed by atoms with van der Waals surface area (Å²) in [7, 11) is -3.50. The molecule has 34 heavy (non-hydrogen) atoms. The van der Waals surface area contributed by atoms with Crippen LogP contribution < -0.4 is 14.1 Å². The van der Waals surface area contributed by atoms with E-state index in [1.807, 2.05) is 6.92 Å². The number of hydrogen-bond donors (Lipinski definition) is 0. The van der Waals surface area contributed by atoms with E-state index in [2.05, 4.69) is 0 Å². The summed E-state index contributed by atoms with van der Waals surface area (Å²) in [4.78, 5) is 28.3. The van der Waals surface area contributed by atoms with Crippen LogP contribution in [0.25, 0.3) is 11.1 Å². The molecular formula is C24H28FN3O5S. The molecule has 8 nitrogen and oxygen atoms in total. The van der Waals surface area contributed by atoms with E-state index in [0.717, 1.165) is 4.31 Å². The summed E-state index contributed by atoms with van der Waals surface area (Å²) in [5.41, 5.74) is 2.22. The molecule has 2 aliphatic heterocycles. The Morgan fingerprint density at radius 1 is 1.06 bits per heavy atom. The van der Waals surface area contributed by atoms with Gasteiger partial charge < -0.3 is 9.64 Å². The molecule has 1 atom stereocenters. The number of halogens is 1. The van der Waals surface area contributed by atoms with Gasteiger partial charge in [-0.1, -0.05) is 12.1 Å². The minimum atomic E-state index is -3.50. The second-order valence-electron chi connectivity index (χ2n) is 8.89. The van der Waals surface area contributed by atoms with Gasteiger partial charge in [0, 0.05) is 20.0 Å². The van der Waals surface area contributed by atoms with Crippen molar-refractivity contribution in [3.63, 3.8) is 0 Å². The number of fused-ring (bicyclic) bond motifs is 1. The van der Waals surface area contributed by atoms with Crippen molar-refractivity contribution in [2.75, 3.05) is 32.9 Å². The topological polar surface area (TPSA) is 87.2 Å². The minimum absolute atomic E-state index is 0.00635. The third kappa shape index (κ3) is 4.34. The molecule has 0 aliphatic carbocycles. The maximum Gasteiger partial charge on any atom is 0.414 e. The molecule has 1 fully saturated rings. The lowest BCUT2D eigenvalue weighted by Gasteiger charge is -2.40. The van der Waals surface area contributed by atoms with E-state index >= 15 is 0 Å². The lowest BCUT2D eigenvalue weighted by molar-refractivity contribution is -0.117. The zero-order valence-corrected chi connectivity index (χ0v) is 20.4. The van der Waals surface area contributed by atoms with Crippen LogP contribution in [-0.2, 0) is 19.6 Å². The Balaban J connectivity index is 1.76. The molecule has 2 aliphatic rings. The number of rotatable bonds is 3. The molecule has 10 heteroatoms. The number of hydrogen-bond acceptors (Lipinski definition) is 5. The first-order valence-electron chi connectivity index (χ1n) is 11.2. The SMILES string of the molecule is CC(=O)N1c2ccc(-c3ccc(N4CCCS4(=O)=O)c(F)c3)cc2N(C(=O)OC(C)C)C[C@@H]1C. The van der Waals surface area contributed by atoms with Crippen molar-refractivity contribution in [2.24, 2.45) is 0 Å². The molecule has 0 N–H and O–H groups in total. The van der Waals surface area contributed by atoms with Crippen molar-refractivity contribution >= 4 is 39.1 Å². The van der Waals surface area contributed by atoms with Gasteiger partial charge in [-0.05, 0) is 62.6 Å². The van der Waals surface area contributed by atoms with Gasteiger partial charge in [-0.15, -0.1) is 0 Å². The van der Waals surface area contributed by atoms with Crippen molar-refractivity contribution < 1.29 is 27.1 Å². The summed E-state index contributed by atoms with van der Waals surface area (Å²) in [5.74, 6) is -0.789. The van der Waals surface area contributed by atoms with Gasteiger partial charge in [-0.25, -0.2) is 17.6 Å². The normalized spacial score (nSPS) is 19.4.